The van der Waals surface area contributed by atoms with Crippen LogP contribution in [0.1, 0.15) is 60.2 Å². The first kappa shape index (κ1) is 21.6. The Balaban J connectivity index is 1.63. The van der Waals surface area contributed by atoms with Gasteiger partial charge in [0.1, 0.15) is 5.84 Å². The van der Waals surface area contributed by atoms with Crippen LogP contribution in [-0.4, -0.2) is 23.8 Å². The van der Waals surface area contributed by atoms with Crippen LogP contribution in [0.25, 0.3) is 0 Å². The summed E-state index contributed by atoms with van der Waals surface area (Å²) in [6.07, 6.45) is 3.92. The van der Waals surface area contributed by atoms with Crippen molar-refractivity contribution in [3.8, 4) is 0 Å². The van der Waals surface area contributed by atoms with Crippen molar-refractivity contribution in [1.82, 2.24) is 0 Å². The number of carbonyl (C=O) groups is 2. The van der Waals surface area contributed by atoms with Crippen LogP contribution in [0.2, 0.25) is 0 Å². The summed E-state index contributed by atoms with van der Waals surface area (Å²) >= 11 is 0. The van der Waals surface area contributed by atoms with Crippen molar-refractivity contribution in [3.63, 3.8) is 0 Å². The molecule has 0 fully saturated rings. The van der Waals surface area contributed by atoms with E-state index < -0.39 is 0 Å². The highest BCUT2D eigenvalue weighted by atomic mass is 16.5. The van der Waals surface area contributed by atoms with E-state index in [1.165, 1.54) is 11.1 Å². The molecule has 2 aromatic rings. The van der Waals surface area contributed by atoms with Crippen molar-refractivity contribution in [2.45, 2.75) is 52.1 Å². The predicted octanol–water partition coefficient (Wildman–Crippen LogP) is 4.06. The van der Waals surface area contributed by atoms with E-state index in [2.05, 4.69) is 11.4 Å². The van der Waals surface area contributed by atoms with Gasteiger partial charge in [0, 0.05) is 23.2 Å². The highest BCUT2D eigenvalue weighted by Crippen LogP contribution is 2.30. The number of hydrogen-bond donors (Lipinski definition) is 3. The number of nitrogen functional groups attached to an aromatic ring is 1. The minimum atomic E-state index is -0.213. The topological polar surface area (TPSA) is 105 Å². The molecule has 0 radical (unpaired) electrons. The van der Waals surface area contributed by atoms with Crippen LogP contribution in [0.4, 0.5) is 5.69 Å². The van der Waals surface area contributed by atoms with Crippen molar-refractivity contribution in [2.24, 2.45) is 11.7 Å². The van der Waals surface area contributed by atoms with E-state index in [1.54, 1.807) is 24.3 Å². The maximum Gasteiger partial charge on any atom is 0.306 e. The van der Waals surface area contributed by atoms with Crippen molar-refractivity contribution in [1.29, 1.82) is 5.41 Å². The number of carbonyl (C=O) groups excluding carboxylic acids is 2. The summed E-state index contributed by atoms with van der Waals surface area (Å²) in [6.45, 7) is 3.92. The summed E-state index contributed by atoms with van der Waals surface area (Å²) < 4.78 is 5.42. The van der Waals surface area contributed by atoms with Gasteiger partial charge in [-0.1, -0.05) is 25.1 Å². The lowest BCUT2D eigenvalue weighted by Gasteiger charge is -2.25. The number of ether oxygens (including phenoxy) is 1. The van der Waals surface area contributed by atoms with Gasteiger partial charge in [0.15, 0.2) is 0 Å². The molecule has 0 aliphatic heterocycles. The molecule has 2 atom stereocenters. The Labute approximate surface area is 177 Å². The number of amidine groups is 1. The number of nitrogens with one attached hydrogen (secondary N) is 2. The smallest absolute Gasteiger partial charge is 0.306 e. The van der Waals surface area contributed by atoms with Gasteiger partial charge in [-0.25, -0.2) is 0 Å². The molecule has 2 unspecified atom stereocenters. The van der Waals surface area contributed by atoms with Crippen LogP contribution in [0, 0.1) is 11.3 Å². The second kappa shape index (κ2) is 9.57. The van der Waals surface area contributed by atoms with Gasteiger partial charge in [-0.15, -0.1) is 0 Å². The van der Waals surface area contributed by atoms with E-state index in [9.17, 15) is 9.59 Å². The van der Waals surface area contributed by atoms with E-state index in [0.29, 0.717) is 17.5 Å². The molecule has 6 nitrogen and oxygen atoms in total. The summed E-state index contributed by atoms with van der Waals surface area (Å²) in [6, 6.07) is 12.6. The lowest BCUT2D eigenvalue weighted by Crippen LogP contribution is -2.22. The maximum atomic E-state index is 12.5. The third-order valence-corrected chi connectivity index (χ3v) is 5.62. The first-order valence-corrected chi connectivity index (χ1v) is 10.4. The van der Waals surface area contributed by atoms with Gasteiger partial charge in [0.25, 0.3) is 5.91 Å². The van der Waals surface area contributed by atoms with Gasteiger partial charge in [-0.3, -0.25) is 15.0 Å². The summed E-state index contributed by atoms with van der Waals surface area (Å²) in [4.78, 5) is 24.7. The number of hydrogen-bond acceptors (Lipinski definition) is 4. The molecule has 0 spiro atoms. The SMILES string of the molecule is CCC(C)OC(=O)CC1CCc2ccc(NC(=O)c3ccc(C(=N)N)cc3)cc2C1. The fourth-order valence-corrected chi connectivity index (χ4v) is 3.68. The van der Waals surface area contributed by atoms with Gasteiger partial charge in [0.05, 0.1) is 6.10 Å². The van der Waals surface area contributed by atoms with E-state index in [4.69, 9.17) is 15.9 Å². The molecule has 0 saturated heterocycles. The standard InChI is InChI=1S/C24H29N3O3/c1-3-15(2)30-22(28)13-16-4-5-17-10-11-21(14-20(17)12-16)27-24(29)19-8-6-18(7-9-19)23(25)26/h6-11,14-16H,3-5,12-13H2,1-2H3,(H3,25,26)(H,27,29). The molecule has 4 N–H and O–H groups in total. The van der Waals surface area contributed by atoms with E-state index in [-0.39, 0.29) is 29.7 Å². The minimum Gasteiger partial charge on any atom is -0.463 e. The number of nitrogens with two attached hydrogens (primary N) is 1. The van der Waals surface area contributed by atoms with Crippen LogP contribution in [0.3, 0.4) is 0 Å². The first-order valence-electron chi connectivity index (χ1n) is 10.4. The van der Waals surface area contributed by atoms with Gasteiger partial charge in [-0.2, -0.15) is 0 Å². The van der Waals surface area contributed by atoms with E-state index in [1.807, 2.05) is 26.0 Å². The van der Waals surface area contributed by atoms with E-state index >= 15 is 0 Å². The summed E-state index contributed by atoms with van der Waals surface area (Å²) in [5, 5.41) is 10.4. The molecule has 0 bridgehead atoms. The number of amides is 1. The maximum absolute atomic E-state index is 12.5. The van der Waals surface area contributed by atoms with Gasteiger partial charge in [-0.05, 0) is 73.9 Å². The number of rotatable bonds is 7. The molecule has 3 rings (SSSR count). The molecule has 2 aromatic carbocycles. The molecule has 1 aliphatic carbocycles. The van der Waals surface area contributed by atoms with Crippen LogP contribution in [-0.2, 0) is 22.4 Å². The Morgan fingerprint density at radius 3 is 2.53 bits per heavy atom. The van der Waals surface area contributed by atoms with Crippen LogP contribution >= 0.6 is 0 Å². The second-order valence-electron chi connectivity index (χ2n) is 7.95. The highest BCUT2D eigenvalue weighted by molar-refractivity contribution is 6.05. The fourth-order valence-electron chi connectivity index (χ4n) is 3.68. The number of esters is 1. The average molecular weight is 408 g/mol. The van der Waals surface area contributed by atoms with Crippen molar-refractivity contribution in [3.05, 3.63) is 64.7 Å². The van der Waals surface area contributed by atoms with Crippen molar-refractivity contribution < 1.29 is 14.3 Å². The van der Waals surface area contributed by atoms with Crippen molar-refractivity contribution >= 4 is 23.4 Å². The number of fused-ring (bicyclic) bond motifs is 1. The minimum absolute atomic E-state index is 0.0285. The Hall–Kier alpha value is -3.15. The molecule has 6 heteroatoms. The highest BCUT2D eigenvalue weighted by Gasteiger charge is 2.23. The zero-order valence-electron chi connectivity index (χ0n) is 17.5. The molecule has 158 valence electrons. The van der Waals surface area contributed by atoms with Crippen LogP contribution < -0.4 is 11.1 Å². The van der Waals surface area contributed by atoms with Gasteiger partial charge >= 0.3 is 5.97 Å². The van der Waals surface area contributed by atoms with Gasteiger partial charge in [0.2, 0.25) is 0 Å². The molecule has 30 heavy (non-hydrogen) atoms. The summed E-state index contributed by atoms with van der Waals surface area (Å²) in [5.41, 5.74) is 9.71. The number of anilines is 1. The Kier molecular flexibility index (Phi) is 6.87. The predicted molar refractivity (Wildman–Crippen MR) is 118 cm³/mol. The Bertz CT molecular complexity index is 937. The van der Waals surface area contributed by atoms with E-state index in [0.717, 1.165) is 31.4 Å². The van der Waals surface area contributed by atoms with Gasteiger partial charge < -0.3 is 15.8 Å². The average Bonchev–Trinajstić information content (AvgIpc) is 2.73. The molecule has 0 heterocycles. The quantitative estimate of drug-likeness (QED) is 0.366. The fraction of sp³-hybridized carbons (Fsp3) is 0.375. The Morgan fingerprint density at radius 2 is 1.87 bits per heavy atom. The molecular formula is C24H29N3O3. The monoisotopic (exact) mass is 407 g/mol. The molecule has 0 aromatic heterocycles. The second-order valence-corrected chi connectivity index (χ2v) is 7.95. The summed E-state index contributed by atoms with van der Waals surface area (Å²) in [5.74, 6) is -0.107. The summed E-state index contributed by atoms with van der Waals surface area (Å²) in [7, 11) is 0. The first-order chi connectivity index (χ1) is 14.4. The normalized spacial score (nSPS) is 16.3. The van der Waals surface area contributed by atoms with Crippen LogP contribution in [0.15, 0.2) is 42.5 Å². The number of benzene rings is 2. The lowest BCUT2D eigenvalue weighted by atomic mass is 9.82. The molecule has 0 saturated carbocycles. The zero-order chi connectivity index (χ0) is 21.7. The lowest BCUT2D eigenvalue weighted by molar-refractivity contribution is -0.149. The number of aryl methyl sites for hydroxylation is 1. The molecule has 1 aliphatic rings. The third kappa shape index (κ3) is 5.47. The largest absolute Gasteiger partial charge is 0.463 e. The Morgan fingerprint density at radius 1 is 1.17 bits per heavy atom. The molecule has 1 amide bonds. The zero-order valence-corrected chi connectivity index (χ0v) is 17.5. The molecular weight excluding hydrogens is 378 g/mol. The third-order valence-electron chi connectivity index (χ3n) is 5.62. The van der Waals surface area contributed by atoms with Crippen molar-refractivity contribution in [2.75, 3.05) is 5.32 Å². The van der Waals surface area contributed by atoms with Crippen LogP contribution in [0.5, 0.6) is 0 Å².